The van der Waals surface area contributed by atoms with Crippen molar-refractivity contribution in [2.45, 2.75) is 19.3 Å². The van der Waals surface area contributed by atoms with Gasteiger partial charge in [0, 0.05) is 51.0 Å². The van der Waals surface area contributed by atoms with E-state index in [4.69, 9.17) is 22.1 Å². The van der Waals surface area contributed by atoms with Gasteiger partial charge >= 0.3 is 0 Å². The summed E-state index contributed by atoms with van der Waals surface area (Å²) in [6.07, 6.45) is 1.71. The molecule has 0 aliphatic carbocycles. The van der Waals surface area contributed by atoms with Crippen LogP contribution in [0.15, 0.2) is 24.3 Å². The van der Waals surface area contributed by atoms with E-state index < -0.39 is 5.41 Å². The monoisotopic (exact) mass is 379 g/mol. The summed E-state index contributed by atoms with van der Waals surface area (Å²) in [4.78, 5) is 29.2. The number of halogens is 1. The summed E-state index contributed by atoms with van der Waals surface area (Å²) in [5.41, 5.74) is 6.40. The van der Waals surface area contributed by atoms with Crippen LogP contribution in [0.5, 0.6) is 0 Å². The lowest BCUT2D eigenvalue weighted by atomic mass is 9.78. The number of hydrogen-bond acceptors (Lipinski definition) is 4. The van der Waals surface area contributed by atoms with Crippen molar-refractivity contribution in [3.8, 4) is 0 Å². The molecule has 0 spiro atoms. The lowest BCUT2D eigenvalue weighted by Crippen LogP contribution is -2.57. The Morgan fingerprint density at radius 2 is 1.62 bits per heavy atom. The van der Waals surface area contributed by atoms with Crippen molar-refractivity contribution in [3.05, 3.63) is 34.9 Å². The summed E-state index contributed by atoms with van der Waals surface area (Å²) >= 11 is 5.88. The number of rotatable bonds is 4. The Morgan fingerprint density at radius 3 is 2.19 bits per heavy atom. The van der Waals surface area contributed by atoms with Crippen LogP contribution in [-0.2, 0) is 20.7 Å². The molecule has 2 heterocycles. The molecule has 0 atom stereocenters. The zero-order chi connectivity index (χ0) is 18.6. The molecule has 1 aromatic rings. The Labute approximate surface area is 159 Å². The minimum absolute atomic E-state index is 0.0824. The highest BCUT2D eigenvalue weighted by molar-refractivity contribution is 6.30. The summed E-state index contributed by atoms with van der Waals surface area (Å²) in [5.74, 6) is 0.201. The first kappa shape index (κ1) is 19.1. The SMILES string of the molecule is NCC1(C(=O)N2CCN(C(=O)Cc3ccc(Cl)cc3)CC2)CCOCC1. The third kappa shape index (κ3) is 4.19. The van der Waals surface area contributed by atoms with E-state index in [0.717, 1.165) is 5.56 Å². The molecule has 2 N–H and O–H groups in total. The Kier molecular flexibility index (Phi) is 6.16. The maximum atomic E-state index is 13.0. The highest BCUT2D eigenvalue weighted by Crippen LogP contribution is 2.32. The van der Waals surface area contributed by atoms with Crippen molar-refractivity contribution >= 4 is 23.4 Å². The van der Waals surface area contributed by atoms with E-state index in [0.29, 0.717) is 70.2 Å². The Morgan fingerprint density at radius 1 is 1.04 bits per heavy atom. The predicted octanol–water partition coefficient (Wildman–Crippen LogP) is 1.31. The first-order valence-corrected chi connectivity index (χ1v) is 9.51. The van der Waals surface area contributed by atoms with Crippen molar-refractivity contribution in [2.24, 2.45) is 11.1 Å². The molecule has 0 unspecified atom stereocenters. The van der Waals surface area contributed by atoms with Gasteiger partial charge in [-0.1, -0.05) is 23.7 Å². The fraction of sp³-hybridized carbons (Fsp3) is 0.579. The summed E-state index contributed by atoms with van der Waals surface area (Å²) < 4.78 is 5.39. The van der Waals surface area contributed by atoms with Gasteiger partial charge in [-0.2, -0.15) is 0 Å². The highest BCUT2D eigenvalue weighted by Gasteiger charge is 2.42. The normalized spacial score (nSPS) is 20.1. The molecule has 0 saturated carbocycles. The zero-order valence-electron chi connectivity index (χ0n) is 15.0. The van der Waals surface area contributed by atoms with Crippen LogP contribution in [-0.4, -0.2) is 67.6 Å². The molecule has 142 valence electrons. The lowest BCUT2D eigenvalue weighted by Gasteiger charge is -2.42. The maximum absolute atomic E-state index is 13.0. The summed E-state index contributed by atoms with van der Waals surface area (Å²) in [7, 11) is 0. The topological polar surface area (TPSA) is 75.9 Å². The van der Waals surface area contributed by atoms with Gasteiger partial charge in [-0.15, -0.1) is 0 Å². The van der Waals surface area contributed by atoms with Crippen LogP contribution in [0.25, 0.3) is 0 Å². The second-order valence-corrected chi connectivity index (χ2v) is 7.51. The molecule has 6 nitrogen and oxygen atoms in total. The predicted molar refractivity (Wildman–Crippen MR) is 99.9 cm³/mol. The molecule has 3 rings (SSSR count). The quantitative estimate of drug-likeness (QED) is 0.855. The van der Waals surface area contributed by atoms with E-state index in [2.05, 4.69) is 0 Å². The maximum Gasteiger partial charge on any atom is 0.230 e. The number of ether oxygens (including phenoxy) is 1. The summed E-state index contributed by atoms with van der Waals surface area (Å²) in [5, 5.41) is 0.662. The highest BCUT2D eigenvalue weighted by atomic mass is 35.5. The van der Waals surface area contributed by atoms with Gasteiger partial charge in [0.1, 0.15) is 0 Å². The third-order valence-electron chi connectivity index (χ3n) is 5.48. The third-order valence-corrected chi connectivity index (χ3v) is 5.73. The van der Waals surface area contributed by atoms with Crippen molar-refractivity contribution in [3.63, 3.8) is 0 Å². The fourth-order valence-corrected chi connectivity index (χ4v) is 3.78. The lowest BCUT2D eigenvalue weighted by molar-refractivity contribution is -0.151. The largest absolute Gasteiger partial charge is 0.381 e. The number of piperazine rings is 1. The molecular weight excluding hydrogens is 354 g/mol. The first-order valence-electron chi connectivity index (χ1n) is 9.13. The zero-order valence-corrected chi connectivity index (χ0v) is 15.7. The van der Waals surface area contributed by atoms with Crippen LogP contribution in [0, 0.1) is 5.41 Å². The smallest absolute Gasteiger partial charge is 0.230 e. The molecule has 2 aliphatic rings. The molecule has 2 aliphatic heterocycles. The van der Waals surface area contributed by atoms with E-state index in [-0.39, 0.29) is 11.8 Å². The molecule has 26 heavy (non-hydrogen) atoms. The van der Waals surface area contributed by atoms with Crippen molar-refractivity contribution in [1.82, 2.24) is 9.80 Å². The van der Waals surface area contributed by atoms with Gasteiger partial charge in [0.05, 0.1) is 11.8 Å². The summed E-state index contributed by atoms with van der Waals surface area (Å²) in [6, 6.07) is 7.33. The van der Waals surface area contributed by atoms with Crippen LogP contribution in [0.3, 0.4) is 0 Å². The van der Waals surface area contributed by atoms with E-state index in [1.807, 2.05) is 21.9 Å². The standard InChI is InChI=1S/C19H26ClN3O3/c20-16-3-1-15(2-4-16)13-17(24)22-7-9-23(10-8-22)18(25)19(14-21)5-11-26-12-6-19/h1-4H,5-14,21H2. The molecule has 2 saturated heterocycles. The number of nitrogens with zero attached hydrogens (tertiary/aromatic N) is 2. The minimum Gasteiger partial charge on any atom is -0.381 e. The number of hydrogen-bond donors (Lipinski definition) is 1. The van der Waals surface area contributed by atoms with Crippen LogP contribution < -0.4 is 5.73 Å². The van der Waals surface area contributed by atoms with E-state index in [9.17, 15) is 9.59 Å². The van der Waals surface area contributed by atoms with Crippen molar-refractivity contribution in [1.29, 1.82) is 0 Å². The summed E-state index contributed by atoms with van der Waals surface area (Å²) in [6.45, 7) is 3.78. The van der Waals surface area contributed by atoms with E-state index in [1.54, 1.807) is 12.1 Å². The molecule has 0 bridgehead atoms. The van der Waals surface area contributed by atoms with E-state index >= 15 is 0 Å². The molecule has 2 amide bonds. The molecule has 1 aromatic carbocycles. The first-order chi connectivity index (χ1) is 12.5. The number of benzene rings is 1. The van der Waals surface area contributed by atoms with Crippen LogP contribution in [0.1, 0.15) is 18.4 Å². The molecule has 7 heteroatoms. The average Bonchev–Trinajstić information content (AvgIpc) is 2.69. The fourth-order valence-electron chi connectivity index (χ4n) is 3.65. The van der Waals surface area contributed by atoms with Crippen LogP contribution in [0.4, 0.5) is 0 Å². The molecular formula is C19H26ClN3O3. The second-order valence-electron chi connectivity index (χ2n) is 7.07. The van der Waals surface area contributed by atoms with E-state index in [1.165, 1.54) is 0 Å². The molecule has 0 aromatic heterocycles. The molecule has 0 radical (unpaired) electrons. The average molecular weight is 380 g/mol. The Balaban J connectivity index is 1.54. The van der Waals surface area contributed by atoms with Crippen molar-refractivity contribution in [2.75, 3.05) is 45.9 Å². The van der Waals surface area contributed by atoms with Gasteiger partial charge < -0.3 is 20.3 Å². The number of nitrogens with two attached hydrogens (primary N) is 1. The van der Waals surface area contributed by atoms with Gasteiger partial charge in [-0.05, 0) is 30.5 Å². The van der Waals surface area contributed by atoms with Gasteiger partial charge in [-0.3, -0.25) is 9.59 Å². The number of carbonyl (C=O) groups is 2. The Hall–Kier alpha value is -1.63. The van der Waals surface area contributed by atoms with Gasteiger partial charge in [0.25, 0.3) is 0 Å². The van der Waals surface area contributed by atoms with Gasteiger partial charge in [0.2, 0.25) is 11.8 Å². The number of carbonyl (C=O) groups excluding carboxylic acids is 2. The van der Waals surface area contributed by atoms with Gasteiger partial charge in [0.15, 0.2) is 0 Å². The van der Waals surface area contributed by atoms with Crippen LogP contribution >= 0.6 is 11.6 Å². The second kappa shape index (κ2) is 8.37. The van der Waals surface area contributed by atoms with Crippen molar-refractivity contribution < 1.29 is 14.3 Å². The number of amides is 2. The minimum atomic E-state index is -0.492. The van der Waals surface area contributed by atoms with Crippen LogP contribution in [0.2, 0.25) is 5.02 Å². The molecule has 2 fully saturated rings. The van der Waals surface area contributed by atoms with Gasteiger partial charge in [-0.25, -0.2) is 0 Å². The Bertz CT molecular complexity index is 636.